The third-order valence-electron chi connectivity index (χ3n) is 3.51. The zero-order valence-electron chi connectivity index (χ0n) is 12.3. The summed E-state index contributed by atoms with van der Waals surface area (Å²) in [5.74, 6) is -0.995. The molecule has 1 fully saturated rings. The van der Waals surface area contributed by atoms with E-state index in [1.54, 1.807) is 6.07 Å². The Morgan fingerprint density at radius 1 is 1.52 bits per heavy atom. The number of carbonyl (C=O) groups is 2. The first-order valence-electron chi connectivity index (χ1n) is 6.93. The Kier molecular flexibility index (Phi) is 5.14. The minimum Gasteiger partial charge on any atom is -0.478 e. The summed E-state index contributed by atoms with van der Waals surface area (Å²) in [7, 11) is 4.01. The second-order valence-corrected chi connectivity index (χ2v) is 6.35. The van der Waals surface area contributed by atoms with E-state index in [1.807, 2.05) is 24.4 Å². The molecule has 2 heterocycles. The molecule has 1 aliphatic heterocycles. The summed E-state index contributed by atoms with van der Waals surface area (Å²) in [6.45, 7) is 1.63. The van der Waals surface area contributed by atoms with E-state index >= 15 is 0 Å². The molecule has 1 unspecified atom stereocenters. The van der Waals surface area contributed by atoms with Gasteiger partial charge in [-0.2, -0.15) is 0 Å². The van der Waals surface area contributed by atoms with Gasteiger partial charge in [-0.1, -0.05) is 0 Å². The van der Waals surface area contributed by atoms with Gasteiger partial charge in [-0.25, -0.2) is 4.79 Å². The quantitative estimate of drug-likeness (QED) is 0.845. The molecule has 0 aliphatic carbocycles. The largest absolute Gasteiger partial charge is 0.478 e. The van der Waals surface area contributed by atoms with Crippen molar-refractivity contribution >= 4 is 29.3 Å². The van der Waals surface area contributed by atoms with Crippen molar-refractivity contribution < 1.29 is 14.7 Å². The molecule has 0 radical (unpaired) electrons. The molecule has 1 aliphatic rings. The predicted molar refractivity (Wildman–Crippen MR) is 83.6 cm³/mol. The van der Waals surface area contributed by atoms with E-state index in [1.165, 1.54) is 17.4 Å². The van der Waals surface area contributed by atoms with Gasteiger partial charge in [0.1, 0.15) is 0 Å². The van der Waals surface area contributed by atoms with Gasteiger partial charge in [0.05, 0.1) is 4.88 Å². The van der Waals surface area contributed by atoms with Gasteiger partial charge >= 0.3 is 5.97 Å². The second-order valence-electron chi connectivity index (χ2n) is 5.43. The lowest BCUT2D eigenvalue weighted by Gasteiger charge is -2.27. The lowest BCUT2D eigenvalue weighted by molar-refractivity contribution is -0.131. The van der Waals surface area contributed by atoms with Crippen LogP contribution >= 0.6 is 11.3 Å². The fourth-order valence-electron chi connectivity index (χ4n) is 2.63. The fourth-order valence-corrected chi connectivity index (χ4v) is 3.47. The van der Waals surface area contributed by atoms with Crippen LogP contribution in [0.2, 0.25) is 0 Å². The van der Waals surface area contributed by atoms with Crippen molar-refractivity contribution in [1.82, 2.24) is 9.80 Å². The van der Waals surface area contributed by atoms with Crippen molar-refractivity contribution in [2.45, 2.75) is 18.9 Å². The van der Waals surface area contributed by atoms with Gasteiger partial charge in [-0.3, -0.25) is 4.79 Å². The number of hydrogen-bond donors (Lipinski definition) is 1. The molecule has 0 saturated carbocycles. The maximum Gasteiger partial charge on any atom is 0.328 e. The standard InChI is InChI=1S/C15H20N2O3S/c1-16(2)10-12-4-3-8-17(12)15(20)14-11(7-9-21-14)5-6-13(18)19/h5-7,9,12H,3-4,8,10H2,1-2H3,(H,18,19). The Hall–Kier alpha value is -1.66. The molecule has 0 aromatic carbocycles. The predicted octanol–water partition coefficient (Wildman–Crippen LogP) is 2.01. The highest BCUT2D eigenvalue weighted by atomic mass is 32.1. The number of nitrogens with zero attached hydrogens (tertiary/aromatic N) is 2. The lowest BCUT2D eigenvalue weighted by atomic mass is 10.2. The number of hydrogen-bond acceptors (Lipinski definition) is 4. The maximum atomic E-state index is 12.7. The van der Waals surface area contributed by atoms with E-state index in [2.05, 4.69) is 4.90 Å². The van der Waals surface area contributed by atoms with Crippen LogP contribution in [0.5, 0.6) is 0 Å². The number of likely N-dealkylation sites (tertiary alicyclic amines) is 1. The lowest BCUT2D eigenvalue weighted by Crippen LogP contribution is -2.41. The van der Waals surface area contributed by atoms with Crippen LogP contribution < -0.4 is 0 Å². The number of carboxylic acid groups (broad SMARTS) is 1. The number of likely N-dealkylation sites (N-methyl/N-ethyl adjacent to an activating group) is 1. The van der Waals surface area contributed by atoms with Gasteiger partial charge in [0.25, 0.3) is 5.91 Å². The van der Waals surface area contributed by atoms with Crippen molar-refractivity contribution in [1.29, 1.82) is 0 Å². The van der Waals surface area contributed by atoms with Crippen molar-refractivity contribution in [2.24, 2.45) is 0 Å². The number of thiophene rings is 1. The Morgan fingerprint density at radius 2 is 2.29 bits per heavy atom. The van der Waals surface area contributed by atoms with Crippen molar-refractivity contribution in [2.75, 3.05) is 27.2 Å². The minimum atomic E-state index is -1.01. The van der Waals surface area contributed by atoms with Crippen LogP contribution in [0.3, 0.4) is 0 Å². The van der Waals surface area contributed by atoms with Crippen LogP contribution in [-0.4, -0.2) is 60.0 Å². The summed E-state index contributed by atoms with van der Waals surface area (Å²) in [5.41, 5.74) is 0.683. The molecule has 21 heavy (non-hydrogen) atoms. The molecular weight excluding hydrogens is 288 g/mol. The molecule has 1 N–H and O–H groups in total. The molecule has 2 rings (SSSR count). The van der Waals surface area contributed by atoms with Crippen LogP contribution in [0, 0.1) is 0 Å². The highest BCUT2D eigenvalue weighted by molar-refractivity contribution is 7.12. The van der Waals surface area contributed by atoms with Crippen LogP contribution in [0.25, 0.3) is 6.08 Å². The number of rotatable bonds is 5. The van der Waals surface area contributed by atoms with Gasteiger partial charge in [-0.15, -0.1) is 11.3 Å². The first-order chi connectivity index (χ1) is 9.99. The fraction of sp³-hybridized carbons (Fsp3) is 0.467. The SMILES string of the molecule is CN(C)CC1CCCN1C(=O)c1sccc1C=CC(=O)O. The summed E-state index contributed by atoms with van der Waals surface area (Å²) in [4.78, 5) is 28.0. The number of amides is 1. The van der Waals surface area contributed by atoms with Crippen LogP contribution in [0.1, 0.15) is 28.1 Å². The van der Waals surface area contributed by atoms with Gasteiger partial charge in [0.2, 0.25) is 0 Å². The molecule has 5 nitrogen and oxygen atoms in total. The maximum absolute atomic E-state index is 12.7. The highest BCUT2D eigenvalue weighted by Crippen LogP contribution is 2.26. The number of aliphatic carboxylic acids is 1. The van der Waals surface area contributed by atoms with E-state index in [0.717, 1.165) is 32.0 Å². The topological polar surface area (TPSA) is 60.9 Å². The molecule has 114 valence electrons. The van der Waals surface area contributed by atoms with Gasteiger partial charge in [0, 0.05) is 25.2 Å². The first kappa shape index (κ1) is 15.7. The molecule has 1 saturated heterocycles. The molecule has 1 atom stereocenters. The van der Waals surface area contributed by atoms with E-state index in [4.69, 9.17) is 5.11 Å². The smallest absolute Gasteiger partial charge is 0.328 e. The Labute approximate surface area is 128 Å². The molecule has 6 heteroatoms. The van der Waals surface area contributed by atoms with Crippen LogP contribution in [0.4, 0.5) is 0 Å². The summed E-state index contributed by atoms with van der Waals surface area (Å²) in [5, 5.41) is 10.5. The minimum absolute atomic E-state index is 0.0133. The zero-order valence-corrected chi connectivity index (χ0v) is 13.1. The van der Waals surface area contributed by atoms with E-state index in [0.29, 0.717) is 10.4 Å². The number of carboxylic acids is 1. The van der Waals surface area contributed by atoms with E-state index in [9.17, 15) is 9.59 Å². The Balaban J connectivity index is 2.16. The average Bonchev–Trinajstić information content (AvgIpc) is 3.03. The van der Waals surface area contributed by atoms with Crippen LogP contribution in [0.15, 0.2) is 17.5 Å². The van der Waals surface area contributed by atoms with E-state index in [-0.39, 0.29) is 11.9 Å². The van der Waals surface area contributed by atoms with Crippen LogP contribution in [-0.2, 0) is 4.79 Å². The third kappa shape index (κ3) is 3.92. The molecule has 1 aromatic rings. The third-order valence-corrected chi connectivity index (χ3v) is 4.43. The van der Waals surface area contributed by atoms with Gasteiger partial charge in [0.15, 0.2) is 0 Å². The molecule has 1 aromatic heterocycles. The number of carbonyl (C=O) groups excluding carboxylic acids is 1. The summed E-state index contributed by atoms with van der Waals surface area (Å²) in [6.07, 6.45) is 4.61. The van der Waals surface area contributed by atoms with Gasteiger partial charge < -0.3 is 14.9 Å². The van der Waals surface area contributed by atoms with E-state index < -0.39 is 5.97 Å². The average molecular weight is 308 g/mol. The zero-order chi connectivity index (χ0) is 15.4. The summed E-state index contributed by atoms with van der Waals surface area (Å²) >= 11 is 1.37. The molecule has 1 amide bonds. The van der Waals surface area contributed by atoms with Crippen molar-refractivity contribution in [3.8, 4) is 0 Å². The summed E-state index contributed by atoms with van der Waals surface area (Å²) < 4.78 is 0. The Bertz CT molecular complexity index is 551. The summed E-state index contributed by atoms with van der Waals surface area (Å²) in [6, 6.07) is 2.03. The van der Waals surface area contributed by atoms with Crippen molar-refractivity contribution in [3.05, 3.63) is 28.0 Å². The normalized spacial score (nSPS) is 18.8. The molecular formula is C15H20N2O3S. The Morgan fingerprint density at radius 3 is 2.95 bits per heavy atom. The monoisotopic (exact) mass is 308 g/mol. The molecule has 0 spiro atoms. The first-order valence-corrected chi connectivity index (χ1v) is 7.81. The molecule has 0 bridgehead atoms. The second kappa shape index (κ2) is 6.87. The highest BCUT2D eigenvalue weighted by Gasteiger charge is 2.30. The van der Waals surface area contributed by atoms with Crippen molar-refractivity contribution in [3.63, 3.8) is 0 Å². The van der Waals surface area contributed by atoms with Gasteiger partial charge in [-0.05, 0) is 50.0 Å².